The number of imide groups is 1. The molecule has 18 heteroatoms. The molecule has 0 aromatic heterocycles. The second kappa shape index (κ2) is 25.0. The van der Waals surface area contributed by atoms with Gasteiger partial charge in [-0.1, -0.05) is 27.7 Å². The molecule has 5 N–H and O–H groups in total. The van der Waals surface area contributed by atoms with Gasteiger partial charge in [0.15, 0.2) is 6.29 Å². The summed E-state index contributed by atoms with van der Waals surface area (Å²) in [4.78, 5) is 73.6. The Morgan fingerprint density at radius 1 is 0.878 bits per heavy atom. The minimum Gasteiger partial charge on any atom is -0.444 e. The van der Waals surface area contributed by atoms with Crippen LogP contribution in [-0.2, 0) is 47.7 Å². The molecule has 1 rings (SSSR count). The van der Waals surface area contributed by atoms with Crippen LogP contribution in [0.5, 0.6) is 0 Å². The van der Waals surface area contributed by atoms with Crippen molar-refractivity contribution >= 4 is 47.4 Å². The molecule has 6 amide bonds. The topological polar surface area (TPSA) is 220 Å². The molecule has 0 aromatic carbocycles. The molecule has 0 aromatic rings. The highest BCUT2D eigenvalue weighted by Gasteiger charge is 2.40. The van der Waals surface area contributed by atoms with Crippen molar-refractivity contribution in [3.05, 3.63) is 0 Å². The number of aliphatic hydroxyl groups excluding tert-OH is 1. The standard InChI is InChI=1S/C31H55N5O12S/c1-6-22(20-37)48-28(44-5)21-47-30(43)35-10-7-24(38)32-11-12-33-26(40)9-15-45-17-18-46-16-13-34-25(39)8-14-36-27(41)19-23(29(36)42)49-31(2,3)4/h22-23,28,37H,6-21H2,1-5H3,(H,32,38)(H,33,40)(H,34,39)(H,35,43). The van der Waals surface area contributed by atoms with Crippen LogP contribution in [0.4, 0.5) is 4.79 Å². The number of likely N-dealkylation sites (tertiary alicyclic amines) is 1. The molecule has 17 nitrogen and oxygen atoms in total. The van der Waals surface area contributed by atoms with Gasteiger partial charge in [0.05, 0.1) is 44.4 Å². The number of nitrogens with one attached hydrogen (secondary N) is 4. The lowest BCUT2D eigenvalue weighted by atomic mass is 10.3. The second-order valence-electron chi connectivity index (χ2n) is 11.9. The summed E-state index contributed by atoms with van der Waals surface area (Å²) in [5.41, 5.74) is 0. The Labute approximate surface area is 292 Å². The maximum absolute atomic E-state index is 12.5. The van der Waals surface area contributed by atoms with Crippen molar-refractivity contribution in [2.45, 2.75) is 82.2 Å². The van der Waals surface area contributed by atoms with Crippen molar-refractivity contribution in [1.29, 1.82) is 0 Å². The zero-order valence-corrected chi connectivity index (χ0v) is 30.2. The minimum atomic E-state index is -0.825. The number of methoxy groups -OCH3 is 1. The van der Waals surface area contributed by atoms with Crippen molar-refractivity contribution < 1.29 is 57.6 Å². The van der Waals surface area contributed by atoms with Gasteiger partial charge in [-0.3, -0.25) is 28.9 Å². The van der Waals surface area contributed by atoms with E-state index in [-0.39, 0.29) is 132 Å². The van der Waals surface area contributed by atoms with Gasteiger partial charge in [0.25, 0.3) is 0 Å². The predicted molar refractivity (Wildman–Crippen MR) is 179 cm³/mol. The zero-order valence-electron chi connectivity index (χ0n) is 29.3. The first-order chi connectivity index (χ1) is 23.3. The van der Waals surface area contributed by atoms with Crippen LogP contribution < -0.4 is 21.3 Å². The van der Waals surface area contributed by atoms with Crippen molar-refractivity contribution in [1.82, 2.24) is 26.2 Å². The van der Waals surface area contributed by atoms with Gasteiger partial charge in [-0.05, 0) is 6.42 Å². The first kappa shape index (κ1) is 44.0. The number of hydrogen-bond acceptors (Lipinski definition) is 13. The molecule has 0 saturated carbocycles. The lowest BCUT2D eigenvalue weighted by molar-refractivity contribution is -0.181. The fraction of sp³-hybridized carbons (Fsp3) is 0.806. The molecule has 1 saturated heterocycles. The molecular formula is C31H55N5O12S. The number of carbonyl (C=O) groups excluding carboxylic acids is 6. The molecule has 3 atom stereocenters. The summed E-state index contributed by atoms with van der Waals surface area (Å²) in [6.07, 6.45) is -1.11. The molecule has 1 aliphatic rings. The number of alkyl carbamates (subject to hydrolysis) is 1. The number of nitrogens with zero attached hydrogens (tertiary/aromatic N) is 1. The van der Waals surface area contributed by atoms with Crippen LogP contribution in [0.1, 0.15) is 59.8 Å². The van der Waals surface area contributed by atoms with Crippen molar-refractivity contribution in [3.63, 3.8) is 0 Å². The van der Waals surface area contributed by atoms with Gasteiger partial charge in [0.1, 0.15) is 6.61 Å². The fourth-order valence-corrected chi connectivity index (χ4v) is 5.46. The van der Waals surface area contributed by atoms with Crippen LogP contribution in [0, 0.1) is 0 Å². The third kappa shape index (κ3) is 20.9. The normalized spacial score (nSPS) is 15.9. The van der Waals surface area contributed by atoms with Gasteiger partial charge < -0.3 is 50.1 Å². The summed E-state index contributed by atoms with van der Waals surface area (Å²) >= 11 is 1.46. The molecule has 0 aliphatic carbocycles. The number of ether oxygens (including phenoxy) is 5. The smallest absolute Gasteiger partial charge is 0.407 e. The Balaban J connectivity index is 1.98. The number of thioether (sulfide) groups is 1. The van der Waals surface area contributed by atoms with Crippen molar-refractivity contribution in [2.75, 3.05) is 79.5 Å². The highest BCUT2D eigenvalue weighted by Crippen LogP contribution is 2.34. The van der Waals surface area contributed by atoms with Gasteiger partial charge in [-0.15, -0.1) is 11.8 Å². The molecule has 282 valence electrons. The average molecular weight is 722 g/mol. The largest absolute Gasteiger partial charge is 0.444 e. The summed E-state index contributed by atoms with van der Waals surface area (Å²) in [6, 6.07) is 0. The van der Waals surface area contributed by atoms with E-state index in [1.54, 1.807) is 0 Å². The quantitative estimate of drug-likeness (QED) is 0.0440. The average Bonchev–Trinajstić information content (AvgIpc) is 3.30. The Morgan fingerprint density at radius 3 is 2.10 bits per heavy atom. The predicted octanol–water partition coefficient (Wildman–Crippen LogP) is -0.316. The van der Waals surface area contributed by atoms with E-state index >= 15 is 0 Å². The number of amides is 6. The van der Waals surface area contributed by atoms with Crippen molar-refractivity contribution in [3.8, 4) is 0 Å². The number of rotatable bonds is 26. The first-order valence-electron chi connectivity index (χ1n) is 16.5. The van der Waals surface area contributed by atoms with Crippen LogP contribution >= 0.6 is 11.8 Å². The Kier molecular flexibility index (Phi) is 22.4. The Hall–Kier alpha value is -3.03. The minimum absolute atomic E-state index is 0.0127. The maximum atomic E-state index is 12.5. The van der Waals surface area contributed by atoms with Crippen LogP contribution in [0.15, 0.2) is 0 Å². The van der Waals surface area contributed by atoms with E-state index in [1.165, 1.54) is 23.8 Å². The number of aliphatic hydroxyl groups is 1. The Morgan fingerprint density at radius 2 is 1.49 bits per heavy atom. The summed E-state index contributed by atoms with van der Waals surface area (Å²) in [5, 5.41) is 19.2. The zero-order chi connectivity index (χ0) is 36.7. The van der Waals surface area contributed by atoms with Crippen LogP contribution in [0.3, 0.4) is 0 Å². The molecule has 0 spiro atoms. The van der Waals surface area contributed by atoms with Gasteiger partial charge in [0.2, 0.25) is 29.5 Å². The highest BCUT2D eigenvalue weighted by atomic mass is 32.2. The van der Waals surface area contributed by atoms with Crippen LogP contribution in [-0.4, -0.2) is 148 Å². The van der Waals surface area contributed by atoms with E-state index in [9.17, 15) is 33.9 Å². The monoisotopic (exact) mass is 721 g/mol. The van der Waals surface area contributed by atoms with E-state index in [2.05, 4.69) is 21.3 Å². The van der Waals surface area contributed by atoms with Gasteiger partial charge in [-0.2, -0.15) is 0 Å². The number of carbonyl (C=O) groups is 6. The van der Waals surface area contributed by atoms with E-state index in [0.717, 1.165) is 0 Å². The first-order valence-corrected chi connectivity index (χ1v) is 17.3. The van der Waals surface area contributed by atoms with E-state index in [1.807, 2.05) is 27.7 Å². The molecular weight excluding hydrogens is 666 g/mol. The van der Waals surface area contributed by atoms with Crippen LogP contribution in [0.25, 0.3) is 0 Å². The molecule has 1 heterocycles. The van der Waals surface area contributed by atoms with Gasteiger partial charge >= 0.3 is 6.09 Å². The molecule has 0 bridgehead atoms. The highest BCUT2D eigenvalue weighted by molar-refractivity contribution is 8.01. The molecule has 1 fully saturated rings. The molecule has 0 radical (unpaired) electrons. The van der Waals surface area contributed by atoms with Gasteiger partial charge in [-0.25, -0.2) is 4.79 Å². The summed E-state index contributed by atoms with van der Waals surface area (Å²) in [7, 11) is 1.39. The fourth-order valence-electron chi connectivity index (χ4n) is 4.16. The van der Waals surface area contributed by atoms with Gasteiger partial charge in [0, 0.05) is 70.3 Å². The van der Waals surface area contributed by atoms with Crippen LogP contribution in [0.2, 0.25) is 0 Å². The summed E-state index contributed by atoms with van der Waals surface area (Å²) in [6.45, 7) is 9.20. The maximum Gasteiger partial charge on any atom is 0.407 e. The lowest BCUT2D eigenvalue weighted by Gasteiger charge is -2.21. The molecule has 49 heavy (non-hydrogen) atoms. The van der Waals surface area contributed by atoms with Crippen molar-refractivity contribution in [2.24, 2.45) is 0 Å². The lowest BCUT2D eigenvalue weighted by Crippen LogP contribution is -2.37. The molecule has 1 aliphatic heterocycles. The third-order valence-electron chi connectivity index (χ3n) is 6.68. The third-order valence-corrected chi connectivity index (χ3v) is 8.04. The molecule has 3 unspecified atom stereocenters. The second-order valence-corrected chi connectivity index (χ2v) is 13.9. The Bertz CT molecular complexity index is 1040. The van der Waals surface area contributed by atoms with E-state index in [0.29, 0.717) is 6.42 Å². The summed E-state index contributed by atoms with van der Waals surface area (Å²) < 4.78 is 26.1. The number of hydrogen-bond donors (Lipinski definition) is 5. The summed E-state index contributed by atoms with van der Waals surface area (Å²) in [5.74, 6) is -1.33. The SMILES string of the molecule is CCC(CO)OC(COC(=O)NCCC(=O)NCCNC(=O)CCOCCOCCNC(=O)CCN1C(=O)CC(SC(C)(C)C)C1=O)OC. The van der Waals surface area contributed by atoms with E-state index < -0.39 is 23.7 Å². The van der Waals surface area contributed by atoms with E-state index in [4.69, 9.17) is 23.7 Å².